The fourth-order valence-electron chi connectivity index (χ4n) is 3.38. The van der Waals surface area contributed by atoms with Crippen LogP contribution in [0.4, 0.5) is 0 Å². The van der Waals surface area contributed by atoms with E-state index in [0.29, 0.717) is 5.02 Å². The predicted octanol–water partition coefficient (Wildman–Crippen LogP) is 5.79. The van der Waals surface area contributed by atoms with Gasteiger partial charge in [-0.05, 0) is 71.8 Å². The largest absolute Gasteiger partial charge is 0.508 e. The van der Waals surface area contributed by atoms with Crippen molar-refractivity contribution in [1.82, 2.24) is 10.6 Å². The Morgan fingerprint density at radius 1 is 1.00 bits per heavy atom. The SMILES string of the molecule is COc1ccc(C2=CC(c3cc(Br)ccc3O)NC(c3ccc(Cl)cc3)N2)cc1. The van der Waals surface area contributed by atoms with Crippen molar-refractivity contribution in [2.24, 2.45) is 0 Å². The molecule has 2 atom stereocenters. The molecule has 0 aromatic heterocycles. The number of phenols is 1. The Hall–Kier alpha value is -2.47. The number of nitrogens with one attached hydrogen (secondary N) is 2. The van der Waals surface area contributed by atoms with Gasteiger partial charge in [0.25, 0.3) is 0 Å². The molecule has 3 N–H and O–H groups in total. The first kappa shape index (κ1) is 19.8. The van der Waals surface area contributed by atoms with E-state index in [1.54, 1.807) is 13.2 Å². The molecule has 2 unspecified atom stereocenters. The lowest BCUT2D eigenvalue weighted by Gasteiger charge is -2.33. The molecule has 29 heavy (non-hydrogen) atoms. The first-order valence-electron chi connectivity index (χ1n) is 9.16. The van der Waals surface area contributed by atoms with Crippen LogP contribution in [0.3, 0.4) is 0 Å². The molecule has 4 rings (SSSR count). The molecule has 3 aromatic rings. The third kappa shape index (κ3) is 4.42. The quantitative estimate of drug-likeness (QED) is 0.451. The number of rotatable bonds is 4. The van der Waals surface area contributed by atoms with Crippen molar-refractivity contribution in [3.8, 4) is 11.5 Å². The third-order valence-corrected chi connectivity index (χ3v) is 5.65. The zero-order valence-corrected chi connectivity index (χ0v) is 18.0. The Kier molecular flexibility index (Phi) is 5.81. The smallest absolute Gasteiger partial charge is 0.120 e. The van der Waals surface area contributed by atoms with Gasteiger partial charge < -0.3 is 15.2 Å². The molecular weight excluding hydrogens is 452 g/mol. The zero-order valence-electron chi connectivity index (χ0n) is 15.7. The van der Waals surface area contributed by atoms with Crippen molar-refractivity contribution in [3.05, 3.63) is 99.0 Å². The van der Waals surface area contributed by atoms with E-state index >= 15 is 0 Å². The maximum absolute atomic E-state index is 10.5. The lowest BCUT2D eigenvalue weighted by molar-refractivity contribution is 0.414. The number of methoxy groups -OCH3 is 1. The van der Waals surface area contributed by atoms with E-state index in [-0.39, 0.29) is 18.0 Å². The van der Waals surface area contributed by atoms with Gasteiger partial charge in [-0.15, -0.1) is 0 Å². The van der Waals surface area contributed by atoms with Crippen LogP contribution in [-0.2, 0) is 0 Å². The highest BCUT2D eigenvalue weighted by Crippen LogP contribution is 2.35. The van der Waals surface area contributed by atoms with Gasteiger partial charge in [-0.25, -0.2) is 0 Å². The highest BCUT2D eigenvalue weighted by molar-refractivity contribution is 9.10. The monoisotopic (exact) mass is 470 g/mol. The summed E-state index contributed by atoms with van der Waals surface area (Å²) in [6.45, 7) is 0. The highest BCUT2D eigenvalue weighted by atomic mass is 79.9. The summed E-state index contributed by atoms with van der Waals surface area (Å²) in [5, 5.41) is 18.3. The van der Waals surface area contributed by atoms with Crippen LogP contribution < -0.4 is 15.4 Å². The first-order chi connectivity index (χ1) is 14.0. The standard InChI is InChI=1S/C23H20BrClN2O2/c1-29-18-9-4-14(5-10-18)20-13-21(19-12-16(24)6-11-22(19)28)27-23(26-20)15-2-7-17(25)8-3-15/h2-13,21,23,26-28H,1H3. The number of benzene rings is 3. The van der Waals surface area contributed by atoms with Gasteiger partial charge in [-0.1, -0.05) is 39.7 Å². The highest BCUT2D eigenvalue weighted by Gasteiger charge is 2.25. The van der Waals surface area contributed by atoms with Gasteiger partial charge in [0.15, 0.2) is 0 Å². The molecule has 4 nitrogen and oxygen atoms in total. The van der Waals surface area contributed by atoms with Crippen LogP contribution in [0.25, 0.3) is 5.70 Å². The lowest BCUT2D eigenvalue weighted by Crippen LogP contribution is -2.39. The molecule has 0 radical (unpaired) electrons. The molecule has 0 amide bonds. The lowest BCUT2D eigenvalue weighted by atomic mass is 9.98. The van der Waals surface area contributed by atoms with Crippen molar-refractivity contribution in [2.45, 2.75) is 12.2 Å². The minimum Gasteiger partial charge on any atom is -0.508 e. The van der Waals surface area contributed by atoms with Gasteiger partial charge in [-0.2, -0.15) is 0 Å². The minimum absolute atomic E-state index is 0.155. The van der Waals surface area contributed by atoms with Gasteiger partial charge in [0, 0.05) is 20.8 Å². The van der Waals surface area contributed by atoms with E-state index in [1.807, 2.05) is 60.7 Å². The molecule has 0 saturated carbocycles. The number of halogens is 2. The molecule has 1 heterocycles. The molecule has 1 aliphatic rings. The van der Waals surface area contributed by atoms with Gasteiger partial charge in [0.1, 0.15) is 17.7 Å². The summed E-state index contributed by atoms with van der Waals surface area (Å²) in [4.78, 5) is 0. The van der Waals surface area contributed by atoms with Crippen molar-refractivity contribution >= 4 is 33.2 Å². The second-order valence-corrected chi connectivity index (χ2v) is 8.14. The average molecular weight is 472 g/mol. The molecule has 0 fully saturated rings. The van der Waals surface area contributed by atoms with Crippen molar-refractivity contribution < 1.29 is 9.84 Å². The number of ether oxygens (including phenoxy) is 1. The Morgan fingerprint density at radius 2 is 1.72 bits per heavy atom. The van der Waals surface area contributed by atoms with Gasteiger partial charge in [0.2, 0.25) is 0 Å². The van der Waals surface area contributed by atoms with E-state index in [9.17, 15) is 5.11 Å². The summed E-state index contributed by atoms with van der Waals surface area (Å²) in [5.41, 5.74) is 3.85. The fraction of sp³-hybridized carbons (Fsp3) is 0.130. The summed E-state index contributed by atoms with van der Waals surface area (Å²) >= 11 is 9.57. The number of hydrogen-bond donors (Lipinski definition) is 3. The average Bonchev–Trinajstić information content (AvgIpc) is 2.75. The van der Waals surface area contributed by atoms with Crippen LogP contribution in [-0.4, -0.2) is 12.2 Å². The normalized spacial score (nSPS) is 18.7. The van der Waals surface area contributed by atoms with E-state index in [2.05, 4.69) is 32.6 Å². The zero-order chi connectivity index (χ0) is 20.4. The summed E-state index contributed by atoms with van der Waals surface area (Å²) in [5.74, 6) is 1.05. The van der Waals surface area contributed by atoms with Gasteiger partial charge >= 0.3 is 0 Å². The Morgan fingerprint density at radius 3 is 2.41 bits per heavy atom. The Labute approximate surface area is 183 Å². The fourth-order valence-corrected chi connectivity index (χ4v) is 3.88. The summed E-state index contributed by atoms with van der Waals surface area (Å²) in [6.07, 6.45) is 1.92. The van der Waals surface area contributed by atoms with E-state index in [1.165, 1.54) is 0 Å². The number of hydrogen-bond acceptors (Lipinski definition) is 4. The molecule has 148 valence electrons. The molecule has 1 aliphatic heterocycles. The minimum atomic E-state index is -0.188. The number of phenolic OH excluding ortho intramolecular Hbond substituents is 1. The molecular formula is C23H20BrClN2O2. The van der Waals surface area contributed by atoms with E-state index in [4.69, 9.17) is 16.3 Å². The second-order valence-electron chi connectivity index (χ2n) is 6.79. The van der Waals surface area contributed by atoms with Crippen LogP contribution in [0.2, 0.25) is 5.02 Å². The van der Waals surface area contributed by atoms with Crippen molar-refractivity contribution in [3.63, 3.8) is 0 Å². The van der Waals surface area contributed by atoms with Crippen LogP contribution in [0.1, 0.15) is 28.9 Å². The predicted molar refractivity (Wildman–Crippen MR) is 120 cm³/mol. The first-order valence-corrected chi connectivity index (χ1v) is 10.3. The molecule has 0 aliphatic carbocycles. The summed E-state index contributed by atoms with van der Waals surface area (Å²) in [7, 11) is 1.65. The topological polar surface area (TPSA) is 53.5 Å². The molecule has 3 aromatic carbocycles. The summed E-state index contributed by atoms with van der Waals surface area (Å²) < 4.78 is 6.18. The molecule has 0 bridgehead atoms. The molecule has 6 heteroatoms. The van der Waals surface area contributed by atoms with E-state index < -0.39 is 0 Å². The van der Waals surface area contributed by atoms with Crippen LogP contribution in [0, 0.1) is 0 Å². The van der Waals surface area contributed by atoms with Crippen LogP contribution in [0.15, 0.2) is 77.3 Å². The Bertz CT molecular complexity index is 1040. The Balaban J connectivity index is 1.75. The third-order valence-electron chi connectivity index (χ3n) is 4.91. The summed E-state index contributed by atoms with van der Waals surface area (Å²) in [6, 6.07) is 20.9. The maximum atomic E-state index is 10.5. The van der Waals surface area contributed by atoms with E-state index in [0.717, 1.165) is 32.6 Å². The maximum Gasteiger partial charge on any atom is 0.120 e. The molecule has 0 spiro atoms. The van der Waals surface area contributed by atoms with Gasteiger partial charge in [0.05, 0.1) is 13.2 Å². The second kappa shape index (κ2) is 8.49. The van der Waals surface area contributed by atoms with Crippen LogP contribution >= 0.6 is 27.5 Å². The van der Waals surface area contributed by atoms with Gasteiger partial charge in [-0.3, -0.25) is 5.32 Å². The van der Waals surface area contributed by atoms with Crippen molar-refractivity contribution in [2.75, 3.05) is 7.11 Å². The number of aromatic hydroxyl groups is 1. The van der Waals surface area contributed by atoms with Crippen LogP contribution in [0.5, 0.6) is 11.5 Å². The molecule has 0 saturated heterocycles. The van der Waals surface area contributed by atoms with Crippen molar-refractivity contribution in [1.29, 1.82) is 0 Å².